The zero-order chi connectivity index (χ0) is 20.4. The lowest BCUT2D eigenvalue weighted by atomic mass is 9.83. The van der Waals surface area contributed by atoms with Crippen LogP contribution in [0.5, 0.6) is 0 Å². The number of H-pyrrole nitrogens is 1. The van der Waals surface area contributed by atoms with E-state index in [0.29, 0.717) is 18.9 Å². The number of carbonyl (C=O) groups excluding carboxylic acids is 1. The number of hydrogen-bond donors (Lipinski definition) is 1. The molecule has 2 aliphatic rings. The molecule has 7 nitrogen and oxygen atoms in total. The zero-order valence-corrected chi connectivity index (χ0v) is 18.0. The summed E-state index contributed by atoms with van der Waals surface area (Å²) in [4.78, 5) is 29.8. The van der Waals surface area contributed by atoms with Crippen LogP contribution < -0.4 is 5.56 Å². The van der Waals surface area contributed by atoms with E-state index in [1.165, 1.54) is 0 Å². The molecule has 2 atom stereocenters. The summed E-state index contributed by atoms with van der Waals surface area (Å²) in [7, 11) is 2.01. The normalized spacial score (nSPS) is 20.7. The predicted molar refractivity (Wildman–Crippen MR) is 115 cm³/mol. The first-order valence-corrected chi connectivity index (χ1v) is 11.6. The number of thioether (sulfide) groups is 1. The summed E-state index contributed by atoms with van der Waals surface area (Å²) in [6, 6.07) is 6.04. The molecule has 156 valence electrons. The Morgan fingerprint density at radius 2 is 2.14 bits per heavy atom. The van der Waals surface area contributed by atoms with Gasteiger partial charge in [0, 0.05) is 74.0 Å². The lowest BCUT2D eigenvalue weighted by Crippen LogP contribution is -2.49. The van der Waals surface area contributed by atoms with Crippen LogP contribution in [0.15, 0.2) is 29.2 Å². The molecule has 0 aliphatic carbocycles. The monoisotopic (exact) mass is 415 g/mol. The van der Waals surface area contributed by atoms with Gasteiger partial charge in [-0.1, -0.05) is 6.07 Å². The molecule has 2 aromatic rings. The number of piperidine rings is 1. The first-order valence-electron chi connectivity index (χ1n) is 10.2. The Morgan fingerprint density at radius 1 is 1.28 bits per heavy atom. The number of aromatic nitrogens is 3. The molecule has 29 heavy (non-hydrogen) atoms. The van der Waals surface area contributed by atoms with Crippen molar-refractivity contribution in [1.29, 1.82) is 0 Å². The minimum Gasteiger partial charge on any atom is -0.342 e. The second kappa shape index (κ2) is 8.75. The summed E-state index contributed by atoms with van der Waals surface area (Å²) in [5.74, 6) is 1.76. The number of amides is 1. The van der Waals surface area contributed by atoms with Crippen LogP contribution in [0, 0.1) is 5.92 Å². The highest BCUT2D eigenvalue weighted by Gasteiger charge is 2.36. The number of hydrogen-bond acceptors (Lipinski definition) is 5. The largest absolute Gasteiger partial charge is 0.342 e. The highest BCUT2D eigenvalue weighted by atomic mass is 32.2. The van der Waals surface area contributed by atoms with Gasteiger partial charge in [0.1, 0.15) is 0 Å². The summed E-state index contributed by atoms with van der Waals surface area (Å²) in [5, 5.41) is 6.94. The maximum Gasteiger partial charge on any atom is 0.255 e. The molecule has 1 saturated heterocycles. The average Bonchev–Trinajstić information content (AvgIpc) is 3.21. The Morgan fingerprint density at radius 3 is 2.90 bits per heavy atom. The molecule has 0 saturated carbocycles. The summed E-state index contributed by atoms with van der Waals surface area (Å²) < 4.78 is 1.97. The van der Waals surface area contributed by atoms with Crippen molar-refractivity contribution >= 4 is 17.7 Å². The molecule has 0 radical (unpaired) electrons. The zero-order valence-electron chi connectivity index (χ0n) is 17.1. The summed E-state index contributed by atoms with van der Waals surface area (Å²) >= 11 is 1.71. The fraction of sp³-hybridized carbons (Fsp3) is 0.571. The molecule has 2 aromatic heterocycles. The molecule has 0 aromatic carbocycles. The van der Waals surface area contributed by atoms with Crippen LogP contribution in [-0.4, -0.2) is 62.6 Å². The lowest BCUT2D eigenvalue weighted by Gasteiger charge is -2.43. The third-order valence-electron chi connectivity index (χ3n) is 5.99. The quantitative estimate of drug-likeness (QED) is 0.748. The van der Waals surface area contributed by atoms with Gasteiger partial charge < -0.3 is 9.47 Å². The second-order valence-electron chi connectivity index (χ2n) is 8.29. The fourth-order valence-electron chi connectivity index (χ4n) is 4.67. The van der Waals surface area contributed by atoms with Crippen molar-refractivity contribution in [2.45, 2.75) is 38.4 Å². The minimum atomic E-state index is 0.121. The highest BCUT2D eigenvalue weighted by molar-refractivity contribution is 7.98. The van der Waals surface area contributed by atoms with Crippen molar-refractivity contribution in [3.05, 3.63) is 51.7 Å². The van der Waals surface area contributed by atoms with Gasteiger partial charge in [-0.25, -0.2) is 0 Å². The van der Waals surface area contributed by atoms with E-state index < -0.39 is 0 Å². The van der Waals surface area contributed by atoms with E-state index in [2.05, 4.69) is 21.2 Å². The van der Waals surface area contributed by atoms with E-state index >= 15 is 0 Å². The number of likely N-dealkylation sites (tertiary alicyclic amines) is 1. The van der Waals surface area contributed by atoms with Gasteiger partial charge in [0.15, 0.2) is 0 Å². The summed E-state index contributed by atoms with van der Waals surface area (Å²) in [6.45, 7) is 3.56. The number of pyridine rings is 1. The van der Waals surface area contributed by atoms with Gasteiger partial charge in [0.25, 0.3) is 5.56 Å². The Bertz CT molecular complexity index is 910. The summed E-state index contributed by atoms with van der Waals surface area (Å²) in [5.41, 5.74) is 3.07. The third kappa shape index (κ3) is 4.43. The molecule has 2 bridgehead atoms. The number of aromatic amines is 1. The Balaban J connectivity index is 1.48. The second-order valence-corrected chi connectivity index (χ2v) is 9.28. The smallest absolute Gasteiger partial charge is 0.255 e. The van der Waals surface area contributed by atoms with E-state index in [9.17, 15) is 9.59 Å². The van der Waals surface area contributed by atoms with Gasteiger partial charge in [-0.15, -0.1) is 0 Å². The van der Waals surface area contributed by atoms with Gasteiger partial charge in [0.05, 0.1) is 0 Å². The maximum atomic E-state index is 13.2. The highest BCUT2D eigenvalue weighted by Crippen LogP contribution is 2.35. The van der Waals surface area contributed by atoms with Gasteiger partial charge in [0.2, 0.25) is 5.91 Å². The van der Waals surface area contributed by atoms with Crippen molar-refractivity contribution in [3.8, 4) is 0 Å². The van der Waals surface area contributed by atoms with Crippen LogP contribution in [0.4, 0.5) is 0 Å². The van der Waals surface area contributed by atoms with Gasteiger partial charge in [-0.3, -0.25) is 19.6 Å². The topological polar surface area (TPSA) is 74.2 Å². The number of carbonyl (C=O) groups is 1. The molecule has 0 unspecified atom stereocenters. The summed E-state index contributed by atoms with van der Waals surface area (Å²) in [6.07, 6.45) is 5.45. The van der Waals surface area contributed by atoms with Gasteiger partial charge in [-0.2, -0.15) is 16.9 Å². The molecule has 2 aliphatic heterocycles. The SMILES string of the molecule is CSCCC(=O)N1C[C@@H]2C[C@H](C1)c1ccc(CN(C)Cc3ccn[nH]3)c(=O)n1C2. The van der Waals surface area contributed by atoms with E-state index in [1.54, 1.807) is 18.0 Å². The number of nitrogens with zero attached hydrogens (tertiary/aromatic N) is 4. The lowest BCUT2D eigenvalue weighted by molar-refractivity contribution is -0.133. The van der Waals surface area contributed by atoms with Gasteiger partial charge >= 0.3 is 0 Å². The maximum absolute atomic E-state index is 13.2. The minimum absolute atomic E-state index is 0.121. The van der Waals surface area contributed by atoms with Crippen molar-refractivity contribution in [3.63, 3.8) is 0 Å². The fourth-order valence-corrected chi connectivity index (χ4v) is 5.05. The Kier molecular flexibility index (Phi) is 6.10. The molecule has 4 rings (SSSR count). The van der Waals surface area contributed by atoms with Crippen molar-refractivity contribution in [1.82, 2.24) is 24.6 Å². The molecular formula is C21H29N5O2S. The van der Waals surface area contributed by atoms with E-state index in [0.717, 1.165) is 55.3 Å². The molecule has 0 spiro atoms. The third-order valence-corrected chi connectivity index (χ3v) is 6.61. The van der Waals surface area contributed by atoms with E-state index in [4.69, 9.17) is 0 Å². The van der Waals surface area contributed by atoms with Crippen LogP contribution in [0.3, 0.4) is 0 Å². The van der Waals surface area contributed by atoms with Crippen LogP contribution in [-0.2, 0) is 24.4 Å². The molecule has 1 N–H and O–H groups in total. The van der Waals surface area contributed by atoms with Gasteiger partial charge in [-0.05, 0) is 37.8 Å². The predicted octanol–water partition coefficient (Wildman–Crippen LogP) is 1.90. The van der Waals surface area contributed by atoms with E-state index in [1.807, 2.05) is 34.9 Å². The molecule has 4 heterocycles. The molecular weight excluding hydrogens is 386 g/mol. The molecule has 8 heteroatoms. The van der Waals surface area contributed by atoms with Crippen molar-refractivity contribution in [2.24, 2.45) is 5.92 Å². The first kappa shape index (κ1) is 20.2. The van der Waals surface area contributed by atoms with Crippen LogP contribution >= 0.6 is 11.8 Å². The number of rotatable bonds is 7. The van der Waals surface area contributed by atoms with Crippen LogP contribution in [0.2, 0.25) is 0 Å². The average molecular weight is 416 g/mol. The number of nitrogens with one attached hydrogen (secondary N) is 1. The standard InChI is InChI=1S/C21H29N5O2S/c1-24(14-18-5-7-22-23-18)12-16-3-4-19-17-9-15(11-26(19)21(16)28)10-25(13-17)20(27)6-8-29-2/h3-5,7,15,17H,6,8-14H2,1-2H3,(H,22,23)/t15-,17+/m0/s1. The number of fused-ring (bicyclic) bond motifs is 4. The van der Waals surface area contributed by atoms with Crippen molar-refractivity contribution < 1.29 is 4.79 Å². The first-order chi connectivity index (χ1) is 14.0. The Hall–Kier alpha value is -2.06. The van der Waals surface area contributed by atoms with Crippen LogP contribution in [0.25, 0.3) is 0 Å². The van der Waals surface area contributed by atoms with Crippen molar-refractivity contribution in [2.75, 3.05) is 32.1 Å². The Labute approximate surface area is 175 Å². The van der Waals surface area contributed by atoms with E-state index in [-0.39, 0.29) is 17.4 Å². The molecule has 1 amide bonds. The molecule has 1 fully saturated rings. The van der Waals surface area contributed by atoms with Crippen LogP contribution in [0.1, 0.15) is 35.7 Å².